The topological polar surface area (TPSA) is 70.6 Å². The summed E-state index contributed by atoms with van der Waals surface area (Å²) in [7, 11) is 0. The lowest BCUT2D eigenvalue weighted by molar-refractivity contribution is 0.316. The Balaban J connectivity index is 2.27. The Kier molecular flexibility index (Phi) is 5.47. The van der Waals surface area contributed by atoms with Crippen molar-refractivity contribution in [2.75, 3.05) is 5.32 Å². The monoisotopic (exact) mass is 367 g/mol. The molecular formula is C15H15BrClN3O. The first-order valence-corrected chi connectivity index (χ1v) is 7.50. The molecule has 0 saturated carbocycles. The van der Waals surface area contributed by atoms with Crippen molar-refractivity contribution in [3.63, 3.8) is 0 Å². The van der Waals surface area contributed by atoms with Gasteiger partial charge in [0.25, 0.3) is 0 Å². The minimum absolute atomic E-state index is 0.112. The van der Waals surface area contributed by atoms with Crippen LogP contribution in [0, 0.1) is 0 Å². The van der Waals surface area contributed by atoms with E-state index >= 15 is 0 Å². The van der Waals surface area contributed by atoms with Crippen LogP contribution in [-0.2, 0) is 0 Å². The molecule has 0 aromatic heterocycles. The minimum Gasteiger partial charge on any atom is -0.409 e. The van der Waals surface area contributed by atoms with Gasteiger partial charge in [-0.2, -0.15) is 0 Å². The van der Waals surface area contributed by atoms with E-state index in [0.717, 1.165) is 15.7 Å². The van der Waals surface area contributed by atoms with Gasteiger partial charge in [-0.25, -0.2) is 0 Å². The molecule has 0 amide bonds. The molecular weight excluding hydrogens is 354 g/mol. The second-order valence-corrected chi connectivity index (χ2v) is 5.82. The van der Waals surface area contributed by atoms with E-state index in [0.29, 0.717) is 11.4 Å². The van der Waals surface area contributed by atoms with Crippen molar-refractivity contribution in [2.45, 2.75) is 12.5 Å². The third-order valence-corrected chi connectivity index (χ3v) is 3.90. The van der Waals surface area contributed by atoms with E-state index in [1.165, 1.54) is 0 Å². The van der Waals surface area contributed by atoms with Gasteiger partial charge in [0.05, 0.1) is 6.04 Å². The molecule has 0 fully saturated rings. The van der Waals surface area contributed by atoms with E-state index < -0.39 is 0 Å². The zero-order valence-electron chi connectivity index (χ0n) is 11.1. The van der Waals surface area contributed by atoms with Crippen LogP contribution in [0.1, 0.15) is 18.0 Å². The van der Waals surface area contributed by atoms with Crippen LogP contribution in [0.15, 0.2) is 58.2 Å². The van der Waals surface area contributed by atoms with Crippen molar-refractivity contribution >= 4 is 39.1 Å². The molecule has 0 aliphatic heterocycles. The summed E-state index contributed by atoms with van der Waals surface area (Å²) in [5.41, 5.74) is 7.59. The molecule has 0 bridgehead atoms. The number of hydrogen-bond donors (Lipinski definition) is 3. The van der Waals surface area contributed by atoms with Crippen LogP contribution in [0.4, 0.5) is 5.69 Å². The van der Waals surface area contributed by atoms with E-state index in [2.05, 4.69) is 26.4 Å². The van der Waals surface area contributed by atoms with E-state index in [9.17, 15) is 0 Å². The molecule has 0 aliphatic rings. The van der Waals surface area contributed by atoms with Gasteiger partial charge in [0.2, 0.25) is 0 Å². The Labute approximate surface area is 136 Å². The molecule has 1 atom stereocenters. The van der Waals surface area contributed by atoms with Gasteiger partial charge in [0, 0.05) is 21.6 Å². The van der Waals surface area contributed by atoms with E-state index in [1.807, 2.05) is 42.5 Å². The fraction of sp³-hybridized carbons (Fsp3) is 0.133. The summed E-state index contributed by atoms with van der Waals surface area (Å²) in [6.45, 7) is 0. The number of amidine groups is 1. The maximum absolute atomic E-state index is 8.80. The van der Waals surface area contributed by atoms with Crippen molar-refractivity contribution in [1.82, 2.24) is 0 Å². The van der Waals surface area contributed by atoms with Crippen LogP contribution in [0.2, 0.25) is 5.02 Å². The van der Waals surface area contributed by atoms with Gasteiger partial charge in [0.15, 0.2) is 0 Å². The normalized spacial score (nSPS) is 13.0. The van der Waals surface area contributed by atoms with Crippen LogP contribution in [0.5, 0.6) is 0 Å². The second-order valence-electron chi connectivity index (χ2n) is 4.53. The third kappa shape index (κ3) is 4.37. The highest BCUT2D eigenvalue weighted by atomic mass is 79.9. The Morgan fingerprint density at radius 3 is 2.62 bits per heavy atom. The summed E-state index contributed by atoms with van der Waals surface area (Å²) in [4.78, 5) is 0. The number of hydrogen-bond acceptors (Lipinski definition) is 3. The molecule has 0 radical (unpaired) electrons. The average molecular weight is 369 g/mol. The lowest BCUT2D eigenvalue weighted by Gasteiger charge is -2.21. The van der Waals surface area contributed by atoms with Crippen LogP contribution in [-0.4, -0.2) is 11.0 Å². The zero-order chi connectivity index (χ0) is 15.2. The highest BCUT2D eigenvalue weighted by Crippen LogP contribution is 2.30. The standard InChI is InChI=1S/C15H15BrClN3O/c16-12-8-11(17)6-7-13(12)19-14(9-15(18)20-21)10-4-2-1-3-5-10/h1-8,14,19,21H,9H2,(H2,18,20). The second kappa shape index (κ2) is 7.33. The Morgan fingerprint density at radius 1 is 1.29 bits per heavy atom. The molecule has 21 heavy (non-hydrogen) atoms. The van der Waals surface area contributed by atoms with Gasteiger partial charge in [-0.05, 0) is 39.7 Å². The van der Waals surface area contributed by atoms with Gasteiger partial charge in [-0.15, -0.1) is 0 Å². The molecule has 0 aliphatic carbocycles. The maximum atomic E-state index is 8.80. The highest BCUT2D eigenvalue weighted by Gasteiger charge is 2.15. The number of nitrogens with zero attached hydrogens (tertiary/aromatic N) is 1. The number of anilines is 1. The molecule has 2 aromatic carbocycles. The summed E-state index contributed by atoms with van der Waals surface area (Å²) < 4.78 is 0.857. The Hall–Kier alpha value is -1.72. The van der Waals surface area contributed by atoms with Crippen LogP contribution in [0.25, 0.3) is 0 Å². The maximum Gasteiger partial charge on any atom is 0.141 e. The van der Waals surface area contributed by atoms with Gasteiger partial charge in [-0.3, -0.25) is 0 Å². The Morgan fingerprint density at radius 2 is 2.00 bits per heavy atom. The number of nitrogens with one attached hydrogen (secondary N) is 1. The molecule has 4 nitrogen and oxygen atoms in total. The number of nitrogens with two attached hydrogens (primary N) is 1. The van der Waals surface area contributed by atoms with Gasteiger partial charge in [-0.1, -0.05) is 47.1 Å². The minimum atomic E-state index is -0.112. The highest BCUT2D eigenvalue weighted by molar-refractivity contribution is 9.10. The molecule has 1 unspecified atom stereocenters. The van der Waals surface area contributed by atoms with Crippen molar-refractivity contribution in [1.29, 1.82) is 0 Å². The quantitative estimate of drug-likeness (QED) is 0.317. The zero-order valence-corrected chi connectivity index (χ0v) is 13.5. The first-order chi connectivity index (χ1) is 10.1. The van der Waals surface area contributed by atoms with Gasteiger partial charge in [0.1, 0.15) is 5.84 Å². The first kappa shape index (κ1) is 15.7. The van der Waals surface area contributed by atoms with Crippen molar-refractivity contribution in [3.05, 3.63) is 63.6 Å². The summed E-state index contributed by atoms with van der Waals surface area (Å²) in [5, 5.41) is 15.9. The number of benzene rings is 2. The Bertz CT molecular complexity index is 634. The first-order valence-electron chi connectivity index (χ1n) is 6.33. The molecule has 0 saturated heterocycles. The van der Waals surface area contributed by atoms with E-state index in [4.69, 9.17) is 22.5 Å². The number of halogens is 2. The van der Waals surface area contributed by atoms with E-state index in [-0.39, 0.29) is 11.9 Å². The summed E-state index contributed by atoms with van der Waals surface area (Å²) in [6, 6.07) is 15.2. The number of rotatable bonds is 5. The van der Waals surface area contributed by atoms with Crippen LogP contribution >= 0.6 is 27.5 Å². The smallest absolute Gasteiger partial charge is 0.141 e. The predicted molar refractivity (Wildman–Crippen MR) is 90.0 cm³/mol. The lowest BCUT2D eigenvalue weighted by Crippen LogP contribution is -2.21. The SMILES string of the molecule is N/C(CC(Nc1ccc(Cl)cc1Br)c1ccccc1)=N/O. The molecule has 0 heterocycles. The predicted octanol–water partition coefficient (Wildman–Crippen LogP) is 4.39. The third-order valence-electron chi connectivity index (χ3n) is 3.00. The van der Waals surface area contributed by atoms with Crippen molar-refractivity contribution in [2.24, 2.45) is 10.9 Å². The molecule has 0 spiro atoms. The molecule has 110 valence electrons. The summed E-state index contributed by atoms with van der Waals surface area (Å²) >= 11 is 9.42. The largest absolute Gasteiger partial charge is 0.409 e. The molecule has 2 aromatic rings. The fourth-order valence-electron chi connectivity index (χ4n) is 1.98. The lowest BCUT2D eigenvalue weighted by atomic mass is 10.0. The van der Waals surface area contributed by atoms with Gasteiger partial charge < -0.3 is 16.3 Å². The molecule has 4 N–H and O–H groups in total. The number of oxime groups is 1. The van der Waals surface area contributed by atoms with Gasteiger partial charge >= 0.3 is 0 Å². The summed E-state index contributed by atoms with van der Waals surface area (Å²) in [5.74, 6) is 0.168. The molecule has 6 heteroatoms. The summed E-state index contributed by atoms with van der Waals surface area (Å²) in [6.07, 6.45) is 0.385. The average Bonchev–Trinajstić information content (AvgIpc) is 2.49. The van der Waals surface area contributed by atoms with Crippen LogP contribution in [0.3, 0.4) is 0 Å². The molecule has 2 rings (SSSR count). The van der Waals surface area contributed by atoms with E-state index in [1.54, 1.807) is 6.07 Å². The fourth-order valence-corrected chi connectivity index (χ4v) is 2.78. The van der Waals surface area contributed by atoms with Crippen molar-refractivity contribution < 1.29 is 5.21 Å². The van der Waals surface area contributed by atoms with Crippen LogP contribution < -0.4 is 11.1 Å². The van der Waals surface area contributed by atoms with Crippen molar-refractivity contribution in [3.8, 4) is 0 Å².